The molecule has 1 aliphatic heterocycles. The maximum absolute atomic E-state index is 12.3. The highest BCUT2D eigenvalue weighted by Crippen LogP contribution is 2.20. The molecule has 0 radical (unpaired) electrons. The normalized spacial score (nSPS) is 18.6. The Morgan fingerprint density at radius 1 is 1.45 bits per heavy atom. The summed E-state index contributed by atoms with van der Waals surface area (Å²) in [4.78, 5) is 33.0. The second-order valence-electron chi connectivity index (χ2n) is 5.12. The predicted molar refractivity (Wildman–Crippen MR) is 74.0 cm³/mol. The van der Waals surface area contributed by atoms with Crippen LogP contribution in [-0.2, 0) is 4.79 Å². The molecule has 1 aliphatic rings. The van der Waals surface area contributed by atoms with Crippen LogP contribution in [0.1, 0.15) is 36.7 Å². The monoisotopic (exact) mass is 276 g/mol. The van der Waals surface area contributed by atoms with Gasteiger partial charge in [-0.3, -0.25) is 14.6 Å². The number of likely N-dealkylation sites (tertiary alicyclic amines) is 1. The topological polar surface area (TPSA) is 75.2 Å². The number of nitrogens with zero attached hydrogens (tertiary/aromatic N) is 3. The third-order valence-electron chi connectivity index (χ3n) is 3.52. The molecule has 0 bridgehead atoms. The summed E-state index contributed by atoms with van der Waals surface area (Å²) in [5.41, 5.74) is 0.398. The van der Waals surface area contributed by atoms with Gasteiger partial charge in [-0.15, -0.1) is 0 Å². The Morgan fingerprint density at radius 3 is 3.00 bits per heavy atom. The Balaban J connectivity index is 1.87. The predicted octanol–water partition coefficient (Wildman–Crippen LogP) is 0.855. The SMILES string of the molecule is CC(=O)NCCC1CCCN(C(=O)c2cnccn2)C1. The van der Waals surface area contributed by atoms with Gasteiger partial charge in [0.05, 0.1) is 6.20 Å². The van der Waals surface area contributed by atoms with E-state index in [0.29, 0.717) is 18.2 Å². The highest BCUT2D eigenvalue weighted by molar-refractivity contribution is 5.92. The first-order valence-electron chi connectivity index (χ1n) is 6.96. The van der Waals surface area contributed by atoms with Crippen LogP contribution in [0.5, 0.6) is 0 Å². The van der Waals surface area contributed by atoms with Crippen LogP contribution in [-0.4, -0.2) is 46.3 Å². The summed E-state index contributed by atoms with van der Waals surface area (Å²) in [7, 11) is 0. The Labute approximate surface area is 118 Å². The first-order valence-corrected chi connectivity index (χ1v) is 6.96. The van der Waals surface area contributed by atoms with E-state index in [0.717, 1.165) is 32.4 Å². The van der Waals surface area contributed by atoms with Crippen LogP contribution in [0.4, 0.5) is 0 Å². The number of rotatable bonds is 4. The molecule has 0 saturated carbocycles. The van der Waals surface area contributed by atoms with Crippen molar-refractivity contribution in [1.82, 2.24) is 20.2 Å². The minimum absolute atomic E-state index is 0.00620. The third-order valence-corrected chi connectivity index (χ3v) is 3.52. The van der Waals surface area contributed by atoms with Gasteiger partial charge in [-0.1, -0.05) is 0 Å². The summed E-state index contributed by atoms with van der Waals surface area (Å²) < 4.78 is 0. The van der Waals surface area contributed by atoms with E-state index in [-0.39, 0.29) is 11.8 Å². The molecule has 2 rings (SSSR count). The van der Waals surface area contributed by atoms with Crippen molar-refractivity contribution in [2.45, 2.75) is 26.2 Å². The lowest BCUT2D eigenvalue weighted by Gasteiger charge is -2.32. The highest BCUT2D eigenvalue weighted by atomic mass is 16.2. The average molecular weight is 276 g/mol. The van der Waals surface area contributed by atoms with Crippen LogP contribution in [0.15, 0.2) is 18.6 Å². The fourth-order valence-corrected chi connectivity index (χ4v) is 2.51. The van der Waals surface area contributed by atoms with Gasteiger partial charge in [0.1, 0.15) is 5.69 Å². The minimum atomic E-state index is -0.0534. The summed E-state index contributed by atoms with van der Waals surface area (Å²) in [5, 5.41) is 2.80. The molecule has 2 amide bonds. The van der Waals surface area contributed by atoms with E-state index >= 15 is 0 Å². The Kier molecular flexibility index (Phi) is 5.03. The van der Waals surface area contributed by atoms with Gasteiger partial charge in [0.15, 0.2) is 0 Å². The number of nitrogens with one attached hydrogen (secondary N) is 1. The van der Waals surface area contributed by atoms with E-state index in [1.807, 2.05) is 4.90 Å². The molecule has 6 heteroatoms. The van der Waals surface area contributed by atoms with Crippen molar-refractivity contribution in [3.63, 3.8) is 0 Å². The van der Waals surface area contributed by atoms with Crippen LogP contribution in [0.25, 0.3) is 0 Å². The van der Waals surface area contributed by atoms with Gasteiger partial charge in [0, 0.05) is 39.0 Å². The number of piperidine rings is 1. The molecule has 20 heavy (non-hydrogen) atoms. The van der Waals surface area contributed by atoms with E-state index in [4.69, 9.17) is 0 Å². The molecule has 1 atom stereocenters. The van der Waals surface area contributed by atoms with Crippen LogP contribution in [0, 0.1) is 5.92 Å². The van der Waals surface area contributed by atoms with Crippen molar-refractivity contribution in [3.8, 4) is 0 Å². The van der Waals surface area contributed by atoms with E-state index in [9.17, 15) is 9.59 Å². The van der Waals surface area contributed by atoms with Crippen LogP contribution in [0.2, 0.25) is 0 Å². The van der Waals surface area contributed by atoms with Gasteiger partial charge < -0.3 is 10.2 Å². The molecular formula is C14H20N4O2. The van der Waals surface area contributed by atoms with Crippen molar-refractivity contribution in [3.05, 3.63) is 24.3 Å². The molecule has 1 N–H and O–H groups in total. The standard InChI is InChI=1S/C14H20N4O2/c1-11(19)16-5-4-12-3-2-8-18(10-12)14(20)13-9-15-6-7-17-13/h6-7,9,12H,2-5,8,10H2,1H3,(H,16,19). The van der Waals surface area contributed by atoms with Gasteiger partial charge in [-0.25, -0.2) is 4.98 Å². The summed E-state index contributed by atoms with van der Waals surface area (Å²) >= 11 is 0. The molecule has 0 spiro atoms. The zero-order chi connectivity index (χ0) is 14.4. The molecule has 108 valence electrons. The first kappa shape index (κ1) is 14.4. The number of carbonyl (C=O) groups is 2. The zero-order valence-corrected chi connectivity index (χ0v) is 11.7. The summed E-state index contributed by atoms with van der Waals surface area (Å²) in [6.45, 7) is 3.69. The number of amides is 2. The highest BCUT2D eigenvalue weighted by Gasteiger charge is 2.24. The molecule has 1 fully saturated rings. The molecule has 0 aliphatic carbocycles. The van der Waals surface area contributed by atoms with Crippen LogP contribution in [0.3, 0.4) is 0 Å². The first-order chi connectivity index (χ1) is 9.66. The second-order valence-corrected chi connectivity index (χ2v) is 5.12. The molecule has 0 aromatic carbocycles. The number of hydrogen-bond acceptors (Lipinski definition) is 4. The third kappa shape index (κ3) is 4.01. The van der Waals surface area contributed by atoms with Gasteiger partial charge in [-0.05, 0) is 25.2 Å². The Morgan fingerprint density at radius 2 is 2.30 bits per heavy atom. The van der Waals surface area contributed by atoms with Gasteiger partial charge >= 0.3 is 0 Å². The molecule has 1 aromatic heterocycles. The fraction of sp³-hybridized carbons (Fsp3) is 0.571. The minimum Gasteiger partial charge on any atom is -0.356 e. The maximum Gasteiger partial charge on any atom is 0.274 e. The molecule has 2 heterocycles. The van der Waals surface area contributed by atoms with Gasteiger partial charge in [0.25, 0.3) is 5.91 Å². The van der Waals surface area contributed by atoms with Crippen molar-refractivity contribution in [1.29, 1.82) is 0 Å². The maximum atomic E-state index is 12.3. The van der Waals surface area contributed by atoms with E-state index in [1.54, 1.807) is 6.20 Å². The van der Waals surface area contributed by atoms with Crippen molar-refractivity contribution >= 4 is 11.8 Å². The molecule has 1 saturated heterocycles. The lowest BCUT2D eigenvalue weighted by atomic mass is 9.94. The Bertz CT molecular complexity index is 464. The zero-order valence-electron chi connectivity index (χ0n) is 11.7. The fourth-order valence-electron chi connectivity index (χ4n) is 2.51. The van der Waals surface area contributed by atoms with Gasteiger partial charge in [-0.2, -0.15) is 0 Å². The van der Waals surface area contributed by atoms with E-state index in [2.05, 4.69) is 15.3 Å². The van der Waals surface area contributed by atoms with E-state index in [1.165, 1.54) is 19.3 Å². The molecule has 1 aromatic rings. The number of aromatic nitrogens is 2. The lowest BCUT2D eigenvalue weighted by molar-refractivity contribution is -0.119. The smallest absolute Gasteiger partial charge is 0.274 e. The number of carbonyl (C=O) groups excluding carboxylic acids is 2. The summed E-state index contributed by atoms with van der Waals surface area (Å²) in [5.74, 6) is 0.381. The lowest BCUT2D eigenvalue weighted by Crippen LogP contribution is -2.41. The Hall–Kier alpha value is -1.98. The van der Waals surface area contributed by atoms with Crippen molar-refractivity contribution < 1.29 is 9.59 Å². The van der Waals surface area contributed by atoms with Gasteiger partial charge in [0.2, 0.25) is 5.91 Å². The molecule has 1 unspecified atom stereocenters. The summed E-state index contributed by atoms with van der Waals surface area (Å²) in [6, 6.07) is 0. The second kappa shape index (κ2) is 6.98. The largest absolute Gasteiger partial charge is 0.356 e. The van der Waals surface area contributed by atoms with Crippen molar-refractivity contribution in [2.24, 2.45) is 5.92 Å². The van der Waals surface area contributed by atoms with Crippen molar-refractivity contribution in [2.75, 3.05) is 19.6 Å². The van der Waals surface area contributed by atoms with E-state index < -0.39 is 0 Å². The molecular weight excluding hydrogens is 256 g/mol. The van der Waals surface area contributed by atoms with Crippen LogP contribution < -0.4 is 5.32 Å². The molecule has 6 nitrogen and oxygen atoms in total. The van der Waals surface area contributed by atoms with Crippen LogP contribution >= 0.6 is 0 Å². The quantitative estimate of drug-likeness (QED) is 0.885. The number of hydrogen-bond donors (Lipinski definition) is 1. The summed E-state index contributed by atoms with van der Waals surface area (Å²) in [6.07, 6.45) is 7.60. The average Bonchev–Trinajstić information content (AvgIpc) is 2.47.